The second-order valence-corrected chi connectivity index (χ2v) is 8.07. The summed E-state index contributed by atoms with van der Waals surface area (Å²) in [6, 6.07) is 4.16. The van der Waals surface area contributed by atoms with Crippen LogP contribution in [-0.4, -0.2) is 26.1 Å². The summed E-state index contributed by atoms with van der Waals surface area (Å²) in [6.45, 7) is 2.95. The molecule has 116 valence electrons. The predicted octanol–water partition coefficient (Wildman–Crippen LogP) is 2.99. The molecule has 1 aromatic rings. The Bertz CT molecular complexity index is 649. The molecule has 0 amide bonds. The molecule has 21 heavy (non-hydrogen) atoms. The molecule has 1 N–H and O–H groups in total. The molecule has 0 aliphatic heterocycles. The number of hydrogen-bond acceptors (Lipinski definition) is 5. The van der Waals surface area contributed by atoms with Crippen LogP contribution in [0.3, 0.4) is 0 Å². The van der Waals surface area contributed by atoms with Gasteiger partial charge in [-0.05, 0) is 30.4 Å². The number of hydrogen-bond donors (Lipinski definition) is 1. The summed E-state index contributed by atoms with van der Waals surface area (Å²) >= 11 is 0. The first-order valence-corrected chi connectivity index (χ1v) is 8.83. The van der Waals surface area contributed by atoms with Gasteiger partial charge in [0.05, 0.1) is 4.92 Å². The second-order valence-electron chi connectivity index (χ2n) is 6.08. The fourth-order valence-corrected chi connectivity index (χ4v) is 3.66. The van der Waals surface area contributed by atoms with E-state index in [1.54, 1.807) is 6.07 Å². The highest BCUT2D eigenvalue weighted by Gasteiger charge is 2.28. The van der Waals surface area contributed by atoms with Gasteiger partial charge in [0.1, 0.15) is 4.90 Å². The lowest BCUT2D eigenvalue weighted by molar-refractivity contribution is -0.387. The zero-order valence-electron chi connectivity index (χ0n) is 12.3. The Morgan fingerprint density at radius 3 is 2.48 bits per heavy atom. The van der Waals surface area contributed by atoms with Crippen LogP contribution in [0.4, 0.5) is 11.4 Å². The number of anilines is 1. The van der Waals surface area contributed by atoms with Gasteiger partial charge < -0.3 is 5.32 Å². The highest BCUT2D eigenvalue weighted by atomic mass is 32.2. The lowest BCUT2D eigenvalue weighted by atomic mass is 9.89. The van der Waals surface area contributed by atoms with Crippen molar-refractivity contribution in [3.63, 3.8) is 0 Å². The Morgan fingerprint density at radius 2 is 1.95 bits per heavy atom. The molecule has 6 nitrogen and oxygen atoms in total. The molecule has 0 heterocycles. The molecule has 0 radical (unpaired) electrons. The van der Waals surface area contributed by atoms with Crippen LogP contribution in [0.5, 0.6) is 0 Å². The van der Waals surface area contributed by atoms with E-state index in [0.717, 1.165) is 25.6 Å². The number of nitrogens with one attached hydrogen (secondary N) is 1. The average molecular weight is 312 g/mol. The maximum absolute atomic E-state index is 11.7. The minimum atomic E-state index is -3.64. The Hall–Kier alpha value is -1.63. The van der Waals surface area contributed by atoms with Gasteiger partial charge in [-0.3, -0.25) is 10.1 Å². The second kappa shape index (κ2) is 5.63. The van der Waals surface area contributed by atoms with Crippen LogP contribution in [-0.2, 0) is 9.84 Å². The third kappa shape index (κ3) is 3.72. The maximum atomic E-state index is 11.7. The molecule has 0 atom stereocenters. The lowest BCUT2D eigenvalue weighted by Crippen LogP contribution is -2.23. The van der Waals surface area contributed by atoms with E-state index in [0.29, 0.717) is 5.69 Å². The lowest BCUT2D eigenvalue weighted by Gasteiger charge is -2.24. The van der Waals surface area contributed by atoms with E-state index in [1.807, 2.05) is 0 Å². The molecule has 0 unspecified atom stereocenters. The minimum Gasteiger partial charge on any atom is -0.384 e. The van der Waals surface area contributed by atoms with Gasteiger partial charge in [-0.1, -0.05) is 19.8 Å². The summed E-state index contributed by atoms with van der Waals surface area (Å²) in [5.74, 6) is 0. The number of nitro benzene ring substituents is 1. The van der Waals surface area contributed by atoms with E-state index in [1.165, 1.54) is 25.0 Å². The van der Waals surface area contributed by atoms with Gasteiger partial charge in [0, 0.05) is 24.6 Å². The SMILES string of the molecule is CC1(CNc2ccc([N+](=O)[O-])c(S(C)(=O)=O)c2)CCCC1. The van der Waals surface area contributed by atoms with Crippen molar-refractivity contribution < 1.29 is 13.3 Å². The fraction of sp³-hybridized carbons (Fsp3) is 0.571. The standard InChI is InChI=1S/C14H20N2O4S/c1-14(7-3-4-8-14)10-15-11-5-6-12(16(17)18)13(9-11)21(2,19)20/h5-6,9,15H,3-4,7-8,10H2,1-2H3. The van der Waals surface area contributed by atoms with Crippen molar-refractivity contribution in [3.05, 3.63) is 28.3 Å². The predicted molar refractivity (Wildman–Crippen MR) is 81.3 cm³/mol. The van der Waals surface area contributed by atoms with Gasteiger partial charge in [-0.15, -0.1) is 0 Å². The first-order valence-electron chi connectivity index (χ1n) is 6.94. The minimum absolute atomic E-state index is 0.215. The molecule has 7 heteroatoms. The summed E-state index contributed by atoms with van der Waals surface area (Å²) in [6.07, 6.45) is 5.70. The number of rotatable bonds is 5. The van der Waals surface area contributed by atoms with Crippen molar-refractivity contribution in [1.29, 1.82) is 0 Å². The third-order valence-corrected chi connectivity index (χ3v) is 5.21. The Morgan fingerprint density at radius 1 is 1.33 bits per heavy atom. The molecular formula is C14H20N2O4S. The van der Waals surface area contributed by atoms with Crippen molar-refractivity contribution in [2.75, 3.05) is 18.1 Å². The molecule has 1 saturated carbocycles. The molecule has 1 aromatic carbocycles. The average Bonchev–Trinajstić information content (AvgIpc) is 2.82. The van der Waals surface area contributed by atoms with Crippen molar-refractivity contribution in [2.45, 2.75) is 37.5 Å². The van der Waals surface area contributed by atoms with Crippen molar-refractivity contribution >= 4 is 21.2 Å². The van der Waals surface area contributed by atoms with Crippen LogP contribution in [0.2, 0.25) is 0 Å². The summed E-state index contributed by atoms with van der Waals surface area (Å²) in [4.78, 5) is 10.0. The molecule has 1 aliphatic rings. The largest absolute Gasteiger partial charge is 0.384 e. The van der Waals surface area contributed by atoms with Crippen molar-refractivity contribution in [1.82, 2.24) is 0 Å². The van der Waals surface area contributed by atoms with Gasteiger partial charge in [-0.25, -0.2) is 8.42 Å². The number of benzene rings is 1. The smallest absolute Gasteiger partial charge is 0.288 e. The molecule has 0 spiro atoms. The zero-order chi connectivity index (χ0) is 15.7. The van der Waals surface area contributed by atoms with Gasteiger partial charge in [-0.2, -0.15) is 0 Å². The van der Waals surface area contributed by atoms with E-state index in [9.17, 15) is 18.5 Å². The Balaban J connectivity index is 2.24. The molecule has 0 bridgehead atoms. The summed E-state index contributed by atoms with van der Waals surface area (Å²) in [7, 11) is -3.64. The first kappa shape index (κ1) is 15.8. The van der Waals surface area contributed by atoms with Gasteiger partial charge >= 0.3 is 0 Å². The Labute approximate surface area is 124 Å². The van der Waals surface area contributed by atoms with Crippen molar-refractivity contribution in [2.24, 2.45) is 5.41 Å². The Kier molecular flexibility index (Phi) is 4.22. The number of nitro groups is 1. The zero-order valence-corrected chi connectivity index (χ0v) is 13.1. The fourth-order valence-electron chi connectivity index (χ4n) is 2.79. The van der Waals surface area contributed by atoms with Gasteiger partial charge in [0.15, 0.2) is 9.84 Å². The van der Waals surface area contributed by atoms with E-state index >= 15 is 0 Å². The van der Waals surface area contributed by atoms with Crippen LogP contribution in [0.15, 0.2) is 23.1 Å². The number of nitrogens with zero attached hydrogens (tertiary/aromatic N) is 1. The van der Waals surface area contributed by atoms with E-state index in [-0.39, 0.29) is 16.0 Å². The normalized spacial score (nSPS) is 17.6. The monoisotopic (exact) mass is 312 g/mol. The summed E-state index contributed by atoms with van der Waals surface area (Å²) < 4.78 is 23.4. The van der Waals surface area contributed by atoms with Crippen LogP contribution in [0, 0.1) is 15.5 Å². The summed E-state index contributed by atoms with van der Waals surface area (Å²) in [5, 5.41) is 14.1. The topological polar surface area (TPSA) is 89.3 Å². The van der Waals surface area contributed by atoms with Gasteiger partial charge in [0.2, 0.25) is 0 Å². The van der Waals surface area contributed by atoms with Gasteiger partial charge in [0.25, 0.3) is 5.69 Å². The first-order chi connectivity index (χ1) is 9.71. The highest BCUT2D eigenvalue weighted by Crippen LogP contribution is 2.37. The van der Waals surface area contributed by atoms with Crippen LogP contribution in [0.25, 0.3) is 0 Å². The molecular weight excluding hydrogens is 292 g/mol. The number of sulfone groups is 1. The molecule has 1 aliphatic carbocycles. The van der Waals surface area contributed by atoms with Crippen LogP contribution < -0.4 is 5.32 Å². The van der Waals surface area contributed by atoms with Crippen LogP contribution in [0.1, 0.15) is 32.6 Å². The van der Waals surface area contributed by atoms with E-state index in [2.05, 4.69) is 12.2 Å². The van der Waals surface area contributed by atoms with E-state index in [4.69, 9.17) is 0 Å². The van der Waals surface area contributed by atoms with E-state index < -0.39 is 14.8 Å². The molecule has 0 aromatic heterocycles. The maximum Gasteiger partial charge on any atom is 0.288 e. The third-order valence-electron chi connectivity index (χ3n) is 4.09. The highest BCUT2D eigenvalue weighted by molar-refractivity contribution is 7.90. The molecule has 2 rings (SSSR count). The van der Waals surface area contributed by atoms with Crippen molar-refractivity contribution in [3.8, 4) is 0 Å². The molecule has 0 saturated heterocycles. The molecule has 1 fully saturated rings. The van der Waals surface area contributed by atoms with Crippen LogP contribution >= 0.6 is 0 Å². The summed E-state index contributed by atoms with van der Waals surface area (Å²) in [5.41, 5.74) is 0.441. The quantitative estimate of drug-likeness (QED) is 0.667.